The zero-order valence-corrected chi connectivity index (χ0v) is 19.1. The summed E-state index contributed by atoms with van der Waals surface area (Å²) in [6, 6.07) is 7.40. The van der Waals surface area contributed by atoms with Gasteiger partial charge in [0.1, 0.15) is 22.1 Å². The van der Waals surface area contributed by atoms with E-state index in [1.165, 1.54) is 18.2 Å². The number of hydrogen-bond donors (Lipinski definition) is 2. The van der Waals surface area contributed by atoms with Crippen molar-refractivity contribution in [2.24, 2.45) is 5.92 Å². The summed E-state index contributed by atoms with van der Waals surface area (Å²) in [4.78, 5) is 23.3. The molecule has 172 valence electrons. The van der Waals surface area contributed by atoms with Crippen LogP contribution in [0.1, 0.15) is 37.3 Å². The highest BCUT2D eigenvalue weighted by Crippen LogP contribution is 2.37. The van der Waals surface area contributed by atoms with Crippen LogP contribution >= 0.6 is 0 Å². The second-order valence-corrected chi connectivity index (χ2v) is 9.93. The van der Waals surface area contributed by atoms with Crippen LogP contribution in [0.3, 0.4) is 0 Å². The molecule has 1 aliphatic carbocycles. The number of carbonyl (C=O) groups is 2. The maximum Gasteiger partial charge on any atom is 0.397 e. The molecule has 3 rings (SSSR count). The van der Waals surface area contributed by atoms with E-state index in [4.69, 9.17) is 4.74 Å². The van der Waals surface area contributed by atoms with E-state index in [2.05, 4.69) is 10.1 Å². The fourth-order valence-electron chi connectivity index (χ4n) is 3.55. The van der Waals surface area contributed by atoms with Gasteiger partial charge in [-0.05, 0) is 74.9 Å². The number of aryl methyl sites for hydroxylation is 2. The number of aromatic hydroxyl groups is 1. The molecule has 0 aromatic heterocycles. The predicted molar refractivity (Wildman–Crippen MR) is 119 cm³/mol. The van der Waals surface area contributed by atoms with Crippen molar-refractivity contribution in [1.82, 2.24) is 0 Å². The van der Waals surface area contributed by atoms with Gasteiger partial charge in [0.05, 0.1) is 12.4 Å². The summed E-state index contributed by atoms with van der Waals surface area (Å²) in [5.74, 6) is -1.26. The maximum atomic E-state index is 12.8. The van der Waals surface area contributed by atoms with Gasteiger partial charge in [0.15, 0.2) is 9.84 Å². The number of carbonyl (C=O) groups excluding carboxylic acids is 2. The molecule has 0 aliphatic heterocycles. The van der Waals surface area contributed by atoms with Crippen LogP contribution in [0.4, 0.5) is 5.69 Å². The molecule has 8 nitrogen and oxygen atoms in total. The molecule has 32 heavy (non-hydrogen) atoms. The SMILES string of the molecule is CCOC(=O)C(=O)Nc1cc(C)c(Oc2ccc(O)c(S(=O)(=O)CC3CCC3)c2)c(C)c1. The molecular weight excluding hydrogens is 434 g/mol. The molecule has 2 N–H and O–H groups in total. The van der Waals surface area contributed by atoms with Gasteiger partial charge in [-0.3, -0.25) is 4.79 Å². The summed E-state index contributed by atoms with van der Waals surface area (Å²) >= 11 is 0. The number of hydrogen-bond acceptors (Lipinski definition) is 7. The first-order valence-electron chi connectivity index (χ1n) is 10.4. The Hall–Kier alpha value is -3.07. The van der Waals surface area contributed by atoms with E-state index in [-0.39, 0.29) is 34.7 Å². The van der Waals surface area contributed by atoms with Crippen molar-refractivity contribution in [3.63, 3.8) is 0 Å². The standard InChI is InChI=1S/C23H27NO7S/c1-4-30-23(27)22(26)24-17-10-14(2)21(15(3)11-17)31-18-8-9-19(25)20(12-18)32(28,29)13-16-6-5-7-16/h8-12,16,25H,4-7,13H2,1-3H3,(H,24,26). The van der Waals surface area contributed by atoms with E-state index >= 15 is 0 Å². The highest BCUT2D eigenvalue weighted by atomic mass is 32.2. The summed E-state index contributed by atoms with van der Waals surface area (Å²) < 4.78 is 36.1. The monoisotopic (exact) mass is 461 g/mol. The minimum absolute atomic E-state index is 0.0108. The molecule has 0 radical (unpaired) electrons. The first-order valence-corrected chi connectivity index (χ1v) is 12.1. The van der Waals surface area contributed by atoms with Gasteiger partial charge in [0.25, 0.3) is 0 Å². The number of amides is 1. The Balaban J connectivity index is 1.81. The summed E-state index contributed by atoms with van der Waals surface area (Å²) in [6.07, 6.45) is 2.80. The third kappa shape index (κ3) is 5.40. The van der Waals surface area contributed by atoms with Gasteiger partial charge in [-0.15, -0.1) is 0 Å². The zero-order chi connectivity index (χ0) is 23.5. The van der Waals surface area contributed by atoms with Gasteiger partial charge >= 0.3 is 11.9 Å². The number of rotatable bonds is 7. The van der Waals surface area contributed by atoms with Crippen molar-refractivity contribution in [3.8, 4) is 17.2 Å². The molecule has 2 aromatic carbocycles. The molecule has 0 unspecified atom stereocenters. The fraction of sp³-hybridized carbons (Fsp3) is 0.391. The molecule has 2 aromatic rings. The number of sulfone groups is 1. The lowest BCUT2D eigenvalue weighted by Crippen LogP contribution is -2.25. The predicted octanol–water partition coefficient (Wildman–Crippen LogP) is 3.88. The molecule has 1 fully saturated rings. The molecule has 0 atom stereocenters. The Kier molecular flexibility index (Phi) is 7.08. The molecule has 1 saturated carbocycles. The molecule has 0 heterocycles. The van der Waals surface area contributed by atoms with E-state index in [1.54, 1.807) is 32.9 Å². The molecular formula is C23H27NO7S. The van der Waals surface area contributed by atoms with Crippen LogP contribution in [0, 0.1) is 19.8 Å². The minimum atomic E-state index is -3.64. The third-order valence-electron chi connectivity index (χ3n) is 5.35. The molecule has 1 aliphatic rings. The Morgan fingerprint density at radius 2 is 1.78 bits per heavy atom. The molecule has 0 spiro atoms. The highest BCUT2D eigenvalue weighted by Gasteiger charge is 2.28. The Labute approximate surface area is 187 Å². The number of ether oxygens (including phenoxy) is 2. The molecule has 9 heteroatoms. The molecule has 0 bridgehead atoms. The number of phenols is 1. The smallest absolute Gasteiger partial charge is 0.397 e. The number of esters is 1. The van der Waals surface area contributed by atoms with Crippen molar-refractivity contribution in [1.29, 1.82) is 0 Å². The van der Waals surface area contributed by atoms with Crippen LogP contribution in [-0.4, -0.2) is 37.8 Å². The first kappa shape index (κ1) is 23.6. The normalized spacial score (nSPS) is 13.8. The van der Waals surface area contributed by atoms with E-state index < -0.39 is 21.7 Å². The molecule has 0 saturated heterocycles. The fourth-order valence-corrected chi connectivity index (χ4v) is 5.36. The summed E-state index contributed by atoms with van der Waals surface area (Å²) in [5, 5.41) is 12.6. The topological polar surface area (TPSA) is 119 Å². The average Bonchev–Trinajstić information content (AvgIpc) is 2.69. The summed E-state index contributed by atoms with van der Waals surface area (Å²) in [6.45, 7) is 5.23. The van der Waals surface area contributed by atoms with Crippen molar-refractivity contribution in [3.05, 3.63) is 41.5 Å². The quantitative estimate of drug-likeness (QED) is 0.474. The van der Waals surface area contributed by atoms with Crippen LogP contribution in [0.15, 0.2) is 35.2 Å². The molecule has 1 amide bonds. The maximum absolute atomic E-state index is 12.8. The highest BCUT2D eigenvalue weighted by molar-refractivity contribution is 7.91. The van der Waals surface area contributed by atoms with Crippen molar-refractivity contribution >= 4 is 27.4 Å². The van der Waals surface area contributed by atoms with Gasteiger partial charge in [-0.2, -0.15) is 0 Å². The van der Waals surface area contributed by atoms with Gasteiger partial charge < -0.3 is 19.9 Å². The van der Waals surface area contributed by atoms with E-state index in [0.29, 0.717) is 22.6 Å². The van der Waals surface area contributed by atoms with Crippen molar-refractivity contribution in [2.45, 2.75) is 44.9 Å². The Morgan fingerprint density at radius 1 is 1.12 bits per heavy atom. The summed E-state index contributed by atoms with van der Waals surface area (Å²) in [5.41, 5.74) is 1.73. The van der Waals surface area contributed by atoms with Crippen LogP contribution in [0.2, 0.25) is 0 Å². The minimum Gasteiger partial charge on any atom is -0.507 e. The van der Waals surface area contributed by atoms with Gasteiger partial charge in [-0.25, -0.2) is 13.2 Å². The number of benzene rings is 2. The van der Waals surface area contributed by atoms with Crippen molar-refractivity contribution < 1.29 is 32.6 Å². The van der Waals surface area contributed by atoms with Gasteiger partial charge in [0.2, 0.25) is 0 Å². The number of anilines is 1. The average molecular weight is 462 g/mol. The lowest BCUT2D eigenvalue weighted by Gasteiger charge is -2.25. The largest absolute Gasteiger partial charge is 0.507 e. The van der Waals surface area contributed by atoms with Crippen molar-refractivity contribution in [2.75, 3.05) is 17.7 Å². The van der Waals surface area contributed by atoms with E-state index in [9.17, 15) is 23.1 Å². The second kappa shape index (κ2) is 9.60. The Morgan fingerprint density at radius 3 is 2.34 bits per heavy atom. The lowest BCUT2D eigenvalue weighted by molar-refractivity contribution is -0.152. The Bertz CT molecular complexity index is 1110. The van der Waals surface area contributed by atoms with Crippen LogP contribution < -0.4 is 10.1 Å². The van der Waals surface area contributed by atoms with Crippen LogP contribution in [0.25, 0.3) is 0 Å². The second-order valence-electron chi connectivity index (χ2n) is 7.92. The third-order valence-corrected chi connectivity index (χ3v) is 7.25. The van der Waals surface area contributed by atoms with E-state index in [0.717, 1.165) is 19.3 Å². The zero-order valence-electron chi connectivity index (χ0n) is 18.3. The number of nitrogens with one attached hydrogen (secondary N) is 1. The lowest BCUT2D eigenvalue weighted by atomic mass is 9.87. The first-order chi connectivity index (χ1) is 15.1. The number of phenolic OH excluding ortho intramolecular Hbond substituents is 1. The van der Waals surface area contributed by atoms with Crippen LogP contribution in [0.5, 0.6) is 17.2 Å². The van der Waals surface area contributed by atoms with Crippen LogP contribution in [-0.2, 0) is 24.2 Å². The summed E-state index contributed by atoms with van der Waals surface area (Å²) in [7, 11) is -3.64. The van der Waals surface area contributed by atoms with Gasteiger partial charge in [0, 0.05) is 11.8 Å². The van der Waals surface area contributed by atoms with Gasteiger partial charge in [-0.1, -0.05) is 6.42 Å². The van der Waals surface area contributed by atoms with E-state index in [1.807, 2.05) is 0 Å².